The number of nitrogens with one attached hydrogen (secondary N) is 1. The molecule has 1 aromatic rings. The van der Waals surface area contributed by atoms with Crippen LogP contribution in [0.25, 0.3) is 0 Å². The molecule has 154 valence electrons. The van der Waals surface area contributed by atoms with E-state index in [1.54, 1.807) is 0 Å². The number of halogens is 1. The molecule has 0 aliphatic heterocycles. The van der Waals surface area contributed by atoms with Crippen molar-refractivity contribution in [2.45, 2.75) is 84.2 Å². The number of carbonyl (C=O) groups excluding carboxylic acids is 1. The second-order valence-electron chi connectivity index (χ2n) is 9.57. The largest absolute Gasteiger partial charge is 0.444 e. The second kappa shape index (κ2) is 9.57. The van der Waals surface area contributed by atoms with Crippen LogP contribution in [-0.4, -0.2) is 32.7 Å². The van der Waals surface area contributed by atoms with Crippen LogP contribution in [0.5, 0.6) is 0 Å². The molecule has 0 saturated heterocycles. The molecule has 1 aromatic carbocycles. The average Bonchev–Trinajstić information content (AvgIpc) is 2.46. The van der Waals surface area contributed by atoms with Crippen LogP contribution < -0.4 is 5.32 Å². The SMILES string of the molecule is CC(C)(C)OC(=O)N[C@H](CCO[Si](C)(C)C(C)(C)C)Cc1ccc(Br)cc1. The molecule has 1 amide bonds. The van der Waals surface area contributed by atoms with Crippen LogP contribution in [0.2, 0.25) is 18.1 Å². The summed E-state index contributed by atoms with van der Waals surface area (Å²) in [6.45, 7) is 17.4. The fourth-order valence-electron chi connectivity index (χ4n) is 2.28. The number of benzene rings is 1. The van der Waals surface area contributed by atoms with Crippen LogP contribution in [0.15, 0.2) is 28.7 Å². The standard InChI is InChI=1S/C21H36BrNO3Si/c1-20(2,3)26-19(24)23-18(15-16-9-11-17(22)12-10-16)13-14-25-27(7,8)21(4,5)6/h9-12,18H,13-15H2,1-8H3,(H,23,24)/t18-/m1/s1. The molecule has 0 spiro atoms. The van der Waals surface area contributed by atoms with Crippen molar-refractivity contribution in [3.05, 3.63) is 34.3 Å². The van der Waals surface area contributed by atoms with E-state index in [1.165, 1.54) is 5.56 Å². The highest BCUT2D eigenvalue weighted by Gasteiger charge is 2.37. The van der Waals surface area contributed by atoms with Gasteiger partial charge in [-0.3, -0.25) is 0 Å². The molecule has 0 radical (unpaired) electrons. The van der Waals surface area contributed by atoms with Gasteiger partial charge in [-0.1, -0.05) is 48.8 Å². The van der Waals surface area contributed by atoms with E-state index in [2.05, 4.69) is 67.2 Å². The van der Waals surface area contributed by atoms with E-state index in [1.807, 2.05) is 32.9 Å². The van der Waals surface area contributed by atoms with E-state index in [0.717, 1.165) is 17.3 Å². The molecular weight excluding hydrogens is 422 g/mol. The summed E-state index contributed by atoms with van der Waals surface area (Å²) in [6.07, 6.45) is 1.12. The Balaban J connectivity index is 2.75. The topological polar surface area (TPSA) is 47.6 Å². The van der Waals surface area contributed by atoms with Gasteiger partial charge in [-0.05, 0) is 69.4 Å². The number of hydrogen-bond acceptors (Lipinski definition) is 3. The zero-order chi connectivity index (χ0) is 20.9. The maximum atomic E-state index is 12.3. The number of carbonyl (C=O) groups is 1. The zero-order valence-electron chi connectivity index (χ0n) is 18.1. The summed E-state index contributed by atoms with van der Waals surface area (Å²) in [4.78, 5) is 12.3. The molecule has 4 nitrogen and oxygen atoms in total. The summed E-state index contributed by atoms with van der Waals surface area (Å²) in [5.74, 6) is 0. The lowest BCUT2D eigenvalue weighted by Crippen LogP contribution is -2.44. The van der Waals surface area contributed by atoms with Gasteiger partial charge < -0.3 is 14.5 Å². The van der Waals surface area contributed by atoms with E-state index in [4.69, 9.17) is 9.16 Å². The Morgan fingerprint density at radius 3 is 2.15 bits per heavy atom. The first kappa shape index (κ1) is 24.2. The molecule has 1 N–H and O–H groups in total. The highest BCUT2D eigenvalue weighted by Crippen LogP contribution is 2.36. The predicted octanol–water partition coefficient (Wildman–Crippen LogP) is 6.30. The fraction of sp³-hybridized carbons (Fsp3) is 0.667. The second-order valence-corrected chi connectivity index (χ2v) is 15.3. The van der Waals surface area contributed by atoms with Crippen LogP contribution in [0.3, 0.4) is 0 Å². The molecule has 0 heterocycles. The van der Waals surface area contributed by atoms with E-state index in [0.29, 0.717) is 6.61 Å². The minimum absolute atomic E-state index is 0.0363. The van der Waals surface area contributed by atoms with E-state index < -0.39 is 13.9 Å². The third-order valence-corrected chi connectivity index (χ3v) is 9.92. The first-order chi connectivity index (χ1) is 12.2. The zero-order valence-corrected chi connectivity index (χ0v) is 20.7. The van der Waals surface area contributed by atoms with E-state index in [9.17, 15) is 4.79 Å². The Labute approximate surface area is 174 Å². The fourth-order valence-corrected chi connectivity index (χ4v) is 3.60. The molecule has 1 rings (SSSR count). The Morgan fingerprint density at radius 1 is 1.11 bits per heavy atom. The highest BCUT2D eigenvalue weighted by atomic mass is 79.9. The van der Waals surface area contributed by atoms with Crippen molar-refractivity contribution in [3.8, 4) is 0 Å². The van der Waals surface area contributed by atoms with Crippen molar-refractivity contribution < 1.29 is 14.0 Å². The summed E-state index contributed by atoms with van der Waals surface area (Å²) in [5.41, 5.74) is 0.663. The Bertz CT molecular complexity index is 603. The first-order valence-electron chi connectivity index (χ1n) is 9.57. The van der Waals surface area contributed by atoms with Crippen LogP contribution in [-0.2, 0) is 15.6 Å². The van der Waals surface area contributed by atoms with Gasteiger partial charge in [-0.2, -0.15) is 0 Å². The number of alkyl carbamates (subject to hydrolysis) is 1. The molecular formula is C21H36BrNO3Si. The summed E-state index contributed by atoms with van der Waals surface area (Å²) in [6, 6.07) is 8.15. The quantitative estimate of drug-likeness (QED) is 0.488. The Morgan fingerprint density at radius 2 is 1.67 bits per heavy atom. The minimum atomic E-state index is -1.80. The summed E-state index contributed by atoms with van der Waals surface area (Å²) in [7, 11) is -1.80. The molecule has 0 aromatic heterocycles. The summed E-state index contributed by atoms with van der Waals surface area (Å²) >= 11 is 3.46. The lowest BCUT2D eigenvalue weighted by molar-refractivity contribution is 0.0497. The maximum absolute atomic E-state index is 12.3. The molecule has 27 heavy (non-hydrogen) atoms. The molecule has 6 heteroatoms. The first-order valence-corrected chi connectivity index (χ1v) is 13.3. The maximum Gasteiger partial charge on any atom is 0.407 e. The van der Waals surface area contributed by atoms with Gasteiger partial charge in [0.05, 0.1) is 0 Å². The van der Waals surface area contributed by atoms with Crippen LogP contribution in [0.1, 0.15) is 53.5 Å². The molecule has 0 fully saturated rings. The van der Waals surface area contributed by atoms with Crippen LogP contribution in [0, 0.1) is 0 Å². The van der Waals surface area contributed by atoms with Crippen LogP contribution >= 0.6 is 15.9 Å². The van der Waals surface area contributed by atoms with Gasteiger partial charge in [0.2, 0.25) is 0 Å². The normalized spacial score (nSPS) is 14.0. The number of rotatable bonds is 7. The molecule has 0 aliphatic carbocycles. The van der Waals surface area contributed by atoms with Crippen molar-refractivity contribution in [1.29, 1.82) is 0 Å². The molecule has 0 unspecified atom stereocenters. The van der Waals surface area contributed by atoms with Crippen molar-refractivity contribution >= 4 is 30.3 Å². The lowest BCUT2D eigenvalue weighted by atomic mass is 10.0. The smallest absolute Gasteiger partial charge is 0.407 e. The van der Waals surface area contributed by atoms with Crippen molar-refractivity contribution in [2.75, 3.05) is 6.61 Å². The molecule has 1 atom stereocenters. The average molecular weight is 459 g/mol. The van der Waals surface area contributed by atoms with Gasteiger partial charge in [0.25, 0.3) is 0 Å². The van der Waals surface area contributed by atoms with Gasteiger partial charge >= 0.3 is 6.09 Å². The number of hydrogen-bond donors (Lipinski definition) is 1. The monoisotopic (exact) mass is 457 g/mol. The molecule has 0 saturated carbocycles. The Kier molecular flexibility index (Phi) is 8.57. The minimum Gasteiger partial charge on any atom is -0.444 e. The number of ether oxygens (including phenoxy) is 1. The highest BCUT2D eigenvalue weighted by molar-refractivity contribution is 9.10. The van der Waals surface area contributed by atoms with Gasteiger partial charge in [0, 0.05) is 17.1 Å². The van der Waals surface area contributed by atoms with Gasteiger partial charge in [0.15, 0.2) is 8.32 Å². The number of amides is 1. The van der Waals surface area contributed by atoms with Crippen molar-refractivity contribution in [1.82, 2.24) is 5.32 Å². The van der Waals surface area contributed by atoms with Gasteiger partial charge in [-0.25, -0.2) is 4.79 Å². The summed E-state index contributed by atoms with van der Waals surface area (Å²) < 4.78 is 12.8. The molecule has 0 aliphatic rings. The van der Waals surface area contributed by atoms with E-state index in [-0.39, 0.29) is 17.2 Å². The molecule has 0 bridgehead atoms. The summed E-state index contributed by atoms with van der Waals surface area (Å²) in [5, 5.41) is 3.20. The Hall–Kier alpha value is -0.853. The van der Waals surface area contributed by atoms with Gasteiger partial charge in [0.1, 0.15) is 5.60 Å². The van der Waals surface area contributed by atoms with Crippen molar-refractivity contribution in [2.24, 2.45) is 0 Å². The van der Waals surface area contributed by atoms with Gasteiger partial charge in [-0.15, -0.1) is 0 Å². The van der Waals surface area contributed by atoms with E-state index >= 15 is 0 Å². The van der Waals surface area contributed by atoms with Crippen LogP contribution in [0.4, 0.5) is 4.79 Å². The lowest BCUT2D eigenvalue weighted by Gasteiger charge is -2.36. The third kappa shape index (κ3) is 9.26. The third-order valence-electron chi connectivity index (χ3n) is 4.85. The predicted molar refractivity (Wildman–Crippen MR) is 119 cm³/mol. The van der Waals surface area contributed by atoms with Crippen molar-refractivity contribution in [3.63, 3.8) is 0 Å².